The Morgan fingerprint density at radius 2 is 1.75 bits per heavy atom. The number of hydrogen-bond acceptors (Lipinski definition) is 0. The average Bonchev–Trinajstić information content (AvgIpc) is 1.68. The van der Waals surface area contributed by atoms with Gasteiger partial charge in [-0.2, -0.15) is 0 Å². The van der Waals surface area contributed by atoms with Gasteiger partial charge in [-0.1, -0.05) is 0 Å². The van der Waals surface area contributed by atoms with Crippen LogP contribution in [0.5, 0.6) is 0 Å². The number of halogens is 1. The average molecular weight is 333 g/mol. The first-order valence-corrected chi connectivity index (χ1v) is 10.0. The van der Waals surface area contributed by atoms with Crippen molar-refractivity contribution in [3.8, 4) is 0 Å². The molecule has 0 aliphatic rings. The Morgan fingerprint density at radius 1 is 1.25 bits per heavy atom. The summed E-state index contributed by atoms with van der Waals surface area (Å²) in [6.45, 7) is 4.63. The quantitative estimate of drug-likeness (QED) is 0.485. The second-order valence-electron chi connectivity index (χ2n) is 2.06. The van der Waals surface area contributed by atoms with E-state index in [1.807, 2.05) is 0 Å². The molecule has 0 spiro atoms. The summed E-state index contributed by atoms with van der Waals surface area (Å²) in [5, 5.41) is 0. The zero-order valence-electron chi connectivity index (χ0n) is 6.00. The number of rotatable bonds is 3. The Bertz CT molecular complexity index is 39.5. The molecule has 0 heterocycles. The van der Waals surface area contributed by atoms with Gasteiger partial charge < -0.3 is 24.0 Å². The Kier molecular flexibility index (Phi) is 13.0. The maximum atomic E-state index is 2.51. The smallest absolute Gasteiger partial charge is 1.00 e. The molecule has 0 rings (SSSR count). The van der Waals surface area contributed by atoms with Gasteiger partial charge in [-0.25, -0.2) is 0 Å². The molecule has 0 amide bonds. The van der Waals surface area contributed by atoms with E-state index in [2.05, 4.69) is 18.8 Å². The van der Waals surface area contributed by atoms with E-state index in [0.717, 1.165) is 0 Å². The molecule has 0 fully saturated rings. The molecule has 0 aliphatic carbocycles. The van der Waals surface area contributed by atoms with E-state index in [1.54, 1.807) is 4.44 Å². The molecule has 8 heavy (non-hydrogen) atoms. The van der Waals surface area contributed by atoms with Crippen molar-refractivity contribution in [2.75, 3.05) is 0 Å². The monoisotopic (exact) mass is 334 g/mol. The van der Waals surface area contributed by atoms with Gasteiger partial charge in [-0.05, 0) is 0 Å². The van der Waals surface area contributed by atoms with Crippen LogP contribution >= 0.6 is 0 Å². The Hall–Kier alpha value is 1.53. The molecular weight excluding hydrogens is 318 g/mol. The first-order valence-electron chi connectivity index (χ1n) is 3.12. The maximum Gasteiger partial charge on any atom is -1.00 e. The maximum absolute atomic E-state index is 2.51. The van der Waals surface area contributed by atoms with Gasteiger partial charge in [0.15, 0.2) is 0 Å². The van der Waals surface area contributed by atoms with Crippen molar-refractivity contribution in [3.05, 3.63) is 0 Å². The minimum Gasteiger partial charge on any atom is -1.00 e. The first-order chi connectivity index (χ1) is 3.31. The summed E-state index contributed by atoms with van der Waals surface area (Å²) in [7, 11) is 0. The molecule has 0 bridgehead atoms. The molecule has 0 aromatic rings. The van der Waals surface area contributed by atoms with Gasteiger partial charge in [0.05, 0.1) is 0 Å². The minimum atomic E-state index is -0.652. The fourth-order valence-electron chi connectivity index (χ4n) is 0.604. The van der Waals surface area contributed by atoms with Gasteiger partial charge in [-0.15, -0.1) is 0 Å². The molecular formula is C6H15ISn. The molecule has 0 saturated carbocycles. The molecule has 0 radical (unpaired) electrons. The van der Waals surface area contributed by atoms with Crippen LogP contribution in [0.2, 0.25) is 13.8 Å². The Balaban J connectivity index is 0. The summed E-state index contributed by atoms with van der Waals surface area (Å²) in [6.07, 6.45) is 1.43. The van der Waals surface area contributed by atoms with Gasteiger partial charge in [0.1, 0.15) is 0 Å². The van der Waals surface area contributed by atoms with Crippen LogP contribution in [0.25, 0.3) is 0 Å². The van der Waals surface area contributed by atoms with Crippen LogP contribution in [0, 0.1) is 0 Å². The summed E-state index contributed by atoms with van der Waals surface area (Å²) in [5.74, 6) is 0. The second kappa shape index (κ2) is 8.53. The predicted molar refractivity (Wildman–Crippen MR) is 37.2 cm³/mol. The third kappa shape index (κ3) is 7.53. The summed E-state index contributed by atoms with van der Waals surface area (Å²) >= 11 is -0.652. The fraction of sp³-hybridized carbons (Fsp3) is 1.00. The van der Waals surface area contributed by atoms with E-state index in [0.29, 0.717) is 0 Å². The summed E-state index contributed by atoms with van der Waals surface area (Å²) in [6, 6.07) is 0. The third-order valence-electron chi connectivity index (χ3n) is 1.28. The molecule has 0 aromatic carbocycles. The van der Waals surface area contributed by atoms with Gasteiger partial charge >= 0.3 is 53.8 Å². The minimum absolute atomic E-state index is 0. The van der Waals surface area contributed by atoms with Crippen LogP contribution in [-0.4, -0.2) is 19.8 Å². The van der Waals surface area contributed by atoms with Gasteiger partial charge in [0.25, 0.3) is 0 Å². The van der Waals surface area contributed by atoms with Crippen molar-refractivity contribution in [2.24, 2.45) is 0 Å². The zero-order chi connectivity index (χ0) is 5.70. The van der Waals surface area contributed by atoms with Crippen molar-refractivity contribution in [1.29, 1.82) is 0 Å². The zero-order valence-corrected chi connectivity index (χ0v) is 11.0. The van der Waals surface area contributed by atoms with Crippen molar-refractivity contribution in [2.45, 2.75) is 34.1 Å². The van der Waals surface area contributed by atoms with E-state index >= 15 is 0 Å². The van der Waals surface area contributed by atoms with Gasteiger partial charge in [0, 0.05) is 0 Å². The van der Waals surface area contributed by atoms with Crippen LogP contribution < -0.4 is 24.0 Å². The van der Waals surface area contributed by atoms with Gasteiger partial charge in [-0.3, -0.25) is 0 Å². The normalized spacial score (nSPS) is 7.88. The SMILES string of the molecule is CC[CH2][Sn+]([CH3])[CH2]C.[I-]. The molecule has 0 aliphatic heterocycles. The summed E-state index contributed by atoms with van der Waals surface area (Å²) < 4.78 is 3.13. The van der Waals surface area contributed by atoms with E-state index in [9.17, 15) is 0 Å². The van der Waals surface area contributed by atoms with Crippen LogP contribution in [0.15, 0.2) is 0 Å². The Morgan fingerprint density at radius 3 is 1.88 bits per heavy atom. The van der Waals surface area contributed by atoms with Crippen LogP contribution in [-0.2, 0) is 0 Å². The molecule has 0 unspecified atom stereocenters. The standard InChI is InChI=1S/C3H7.C2H5.CH3.HI.Sn/c1-3-2;1-2;;;/h1,3H2,2H3;1H2,2H3;1H3;1H;/q;;;;+1/p-1. The molecule has 0 nitrogen and oxygen atoms in total. The molecule has 0 N–H and O–H groups in total. The Labute approximate surface area is 77.2 Å². The summed E-state index contributed by atoms with van der Waals surface area (Å²) in [4.78, 5) is 2.51. The topological polar surface area (TPSA) is 0 Å². The van der Waals surface area contributed by atoms with Crippen LogP contribution in [0.1, 0.15) is 20.3 Å². The van der Waals surface area contributed by atoms with Crippen molar-refractivity contribution >= 4 is 19.8 Å². The van der Waals surface area contributed by atoms with Crippen LogP contribution in [0.3, 0.4) is 0 Å². The molecule has 0 saturated heterocycles. The fourth-order valence-corrected chi connectivity index (χ4v) is 4.05. The van der Waals surface area contributed by atoms with Crippen molar-refractivity contribution < 1.29 is 24.0 Å². The van der Waals surface area contributed by atoms with Gasteiger partial charge in [0.2, 0.25) is 0 Å². The molecule has 0 aromatic heterocycles. The molecule has 0 atom stereocenters. The van der Waals surface area contributed by atoms with Crippen LogP contribution in [0.4, 0.5) is 0 Å². The number of hydrogen-bond donors (Lipinski definition) is 0. The van der Waals surface area contributed by atoms with E-state index in [1.165, 1.54) is 10.9 Å². The molecule has 2 heteroatoms. The van der Waals surface area contributed by atoms with E-state index < -0.39 is 19.8 Å². The molecule has 50 valence electrons. The second-order valence-corrected chi connectivity index (χ2v) is 11.0. The first kappa shape index (κ1) is 12.2. The largest absolute Gasteiger partial charge is 1.00 e. The third-order valence-corrected chi connectivity index (χ3v) is 8.59. The van der Waals surface area contributed by atoms with E-state index in [-0.39, 0.29) is 24.0 Å². The predicted octanol–water partition coefficient (Wildman–Crippen LogP) is -0.455. The van der Waals surface area contributed by atoms with Crippen molar-refractivity contribution in [1.82, 2.24) is 0 Å². The van der Waals surface area contributed by atoms with Crippen molar-refractivity contribution in [3.63, 3.8) is 0 Å². The summed E-state index contributed by atoms with van der Waals surface area (Å²) in [5.41, 5.74) is 0. The van der Waals surface area contributed by atoms with E-state index in [4.69, 9.17) is 0 Å².